The zero-order valence-corrected chi connectivity index (χ0v) is 21.5. The molecule has 2 aliphatic rings. The van der Waals surface area contributed by atoms with E-state index in [1.807, 2.05) is 24.5 Å². The average molecular weight is 487 g/mol. The zero-order chi connectivity index (χ0) is 25.5. The van der Waals surface area contributed by atoms with Crippen LogP contribution in [0.4, 0.5) is 5.82 Å². The fourth-order valence-electron chi connectivity index (χ4n) is 6.31. The van der Waals surface area contributed by atoms with E-state index in [1.54, 1.807) is 13.2 Å². The smallest absolute Gasteiger partial charge is 0.212 e. The van der Waals surface area contributed by atoms with Crippen LogP contribution in [0.25, 0.3) is 27.7 Å². The van der Waals surface area contributed by atoms with Gasteiger partial charge in [-0.25, -0.2) is 15.0 Å². The summed E-state index contributed by atoms with van der Waals surface area (Å²) >= 11 is 0. The van der Waals surface area contributed by atoms with Crippen LogP contribution in [0, 0.1) is 5.41 Å². The van der Waals surface area contributed by atoms with E-state index in [-0.39, 0.29) is 11.0 Å². The summed E-state index contributed by atoms with van der Waals surface area (Å²) in [6, 6.07) is 3.89. The first-order valence-corrected chi connectivity index (χ1v) is 12.5. The maximum absolute atomic E-state index is 10.9. The molecular weight excluding hydrogens is 452 g/mol. The van der Waals surface area contributed by atoms with Gasteiger partial charge >= 0.3 is 0 Å². The average Bonchev–Trinajstić information content (AvgIpc) is 3.17. The van der Waals surface area contributed by atoms with Gasteiger partial charge in [-0.3, -0.25) is 4.79 Å². The molecule has 0 bridgehead atoms. The molecule has 0 unspecified atom stereocenters. The Hall–Kier alpha value is -3.68. The van der Waals surface area contributed by atoms with E-state index in [2.05, 4.69) is 51.4 Å². The van der Waals surface area contributed by atoms with Crippen molar-refractivity contribution in [2.45, 2.75) is 51.5 Å². The summed E-state index contributed by atoms with van der Waals surface area (Å²) in [5.74, 6) is 1.04. The first-order valence-electron chi connectivity index (χ1n) is 12.5. The molecule has 1 saturated heterocycles. The normalized spacial score (nSPS) is 21.8. The lowest BCUT2D eigenvalue weighted by Gasteiger charge is -2.52. The Morgan fingerprint density at radius 1 is 1.17 bits per heavy atom. The number of carbonyl (C=O) groups excluding carboxylic acids is 1. The minimum absolute atomic E-state index is 0.00667. The third-order valence-electron chi connectivity index (χ3n) is 8.05. The van der Waals surface area contributed by atoms with E-state index in [9.17, 15) is 4.79 Å². The number of aromatic nitrogens is 4. The fourth-order valence-corrected chi connectivity index (χ4v) is 6.31. The molecule has 1 atom stereocenters. The number of anilines is 1. The Labute approximate surface area is 211 Å². The van der Waals surface area contributed by atoms with Gasteiger partial charge in [-0.05, 0) is 69.1 Å². The summed E-state index contributed by atoms with van der Waals surface area (Å²) in [6.45, 7) is 5.52. The SMILES string of the molecule is COc1ccc(-c2c(C3=CC[C@@]4(CC3)CCN(C=CC=O)C(C)(C)C4)n(C)c3ncnc(N)c23)cn1. The molecule has 0 amide bonds. The molecule has 0 aromatic carbocycles. The molecule has 4 heterocycles. The van der Waals surface area contributed by atoms with Crippen LogP contribution < -0.4 is 10.5 Å². The summed E-state index contributed by atoms with van der Waals surface area (Å²) in [7, 11) is 3.67. The topological polar surface area (TPSA) is 99.2 Å². The number of likely N-dealkylation sites (tertiary alicyclic amines) is 1. The molecule has 0 saturated carbocycles. The van der Waals surface area contributed by atoms with E-state index in [0.29, 0.717) is 11.7 Å². The second-order valence-corrected chi connectivity index (χ2v) is 10.7. The van der Waals surface area contributed by atoms with Crippen LogP contribution in [0.5, 0.6) is 5.88 Å². The predicted octanol–water partition coefficient (Wildman–Crippen LogP) is 4.76. The van der Waals surface area contributed by atoms with Crippen LogP contribution in [0.1, 0.15) is 51.6 Å². The van der Waals surface area contributed by atoms with Crippen molar-refractivity contribution in [3.63, 3.8) is 0 Å². The van der Waals surface area contributed by atoms with Crippen LogP contribution in [0.3, 0.4) is 0 Å². The number of allylic oxidation sites excluding steroid dienone is 3. The molecule has 8 nitrogen and oxygen atoms in total. The number of rotatable bonds is 5. The van der Waals surface area contributed by atoms with Gasteiger partial charge in [0.1, 0.15) is 24.1 Å². The molecule has 36 heavy (non-hydrogen) atoms. The van der Waals surface area contributed by atoms with E-state index in [0.717, 1.165) is 72.8 Å². The van der Waals surface area contributed by atoms with Crippen molar-refractivity contribution in [1.29, 1.82) is 0 Å². The first-order chi connectivity index (χ1) is 17.3. The van der Waals surface area contributed by atoms with Crippen LogP contribution in [0.15, 0.2) is 43.0 Å². The number of piperidine rings is 1. The third kappa shape index (κ3) is 4.04. The van der Waals surface area contributed by atoms with Gasteiger partial charge in [0.25, 0.3) is 0 Å². The summed E-state index contributed by atoms with van der Waals surface area (Å²) in [5.41, 5.74) is 11.9. The number of nitrogens with two attached hydrogens (primary N) is 1. The second kappa shape index (κ2) is 9.08. The number of methoxy groups -OCH3 is 1. The van der Waals surface area contributed by atoms with Crippen LogP contribution in [-0.4, -0.2) is 49.9 Å². The number of ether oxygens (including phenoxy) is 1. The molecule has 188 valence electrons. The van der Waals surface area contributed by atoms with E-state index in [4.69, 9.17) is 10.5 Å². The molecule has 1 spiro atoms. The zero-order valence-electron chi connectivity index (χ0n) is 21.5. The van der Waals surface area contributed by atoms with Crippen molar-refractivity contribution in [3.8, 4) is 17.0 Å². The summed E-state index contributed by atoms with van der Waals surface area (Å²) < 4.78 is 7.42. The molecule has 8 heteroatoms. The minimum atomic E-state index is 0.00667. The fraction of sp³-hybridized carbons (Fsp3) is 0.429. The van der Waals surface area contributed by atoms with Gasteiger partial charge in [0.2, 0.25) is 5.88 Å². The van der Waals surface area contributed by atoms with E-state index >= 15 is 0 Å². The Bertz CT molecular complexity index is 1350. The molecule has 1 aliphatic carbocycles. The summed E-state index contributed by atoms with van der Waals surface area (Å²) in [6.07, 6.45) is 15.5. The number of pyridine rings is 1. The highest BCUT2D eigenvalue weighted by atomic mass is 16.5. The van der Waals surface area contributed by atoms with Crippen LogP contribution in [0.2, 0.25) is 0 Å². The standard InChI is InChI=1S/C28H34N6O2/c1-27(2)17-28(12-14-34(27)13-5-15-35)10-8-19(9-11-28)24-22(20-6-7-21(36-4)30-16-20)23-25(29)31-18-32-26(23)33(24)3/h5-8,13,15-16,18H,9-12,14,17H2,1-4H3,(H2,29,31,32)/t28-/m1/s1. The number of carbonyl (C=O) groups is 1. The van der Waals surface area contributed by atoms with Crippen molar-refractivity contribution in [2.24, 2.45) is 12.5 Å². The Kier molecular flexibility index (Phi) is 6.06. The van der Waals surface area contributed by atoms with Crippen molar-refractivity contribution in [1.82, 2.24) is 24.4 Å². The van der Waals surface area contributed by atoms with Crippen LogP contribution in [-0.2, 0) is 11.8 Å². The Morgan fingerprint density at radius 3 is 2.64 bits per heavy atom. The first kappa shape index (κ1) is 24.0. The largest absolute Gasteiger partial charge is 0.481 e. The molecule has 3 aromatic heterocycles. The van der Waals surface area contributed by atoms with Crippen LogP contribution >= 0.6 is 0 Å². The third-order valence-corrected chi connectivity index (χ3v) is 8.05. The van der Waals surface area contributed by atoms with Crippen molar-refractivity contribution in [3.05, 3.63) is 48.7 Å². The number of aryl methyl sites for hydroxylation is 1. The summed E-state index contributed by atoms with van der Waals surface area (Å²) in [5, 5.41) is 0.861. The molecule has 0 radical (unpaired) electrons. The van der Waals surface area contributed by atoms with Gasteiger partial charge in [-0.15, -0.1) is 0 Å². The molecule has 5 rings (SSSR count). The maximum Gasteiger partial charge on any atom is 0.212 e. The quantitative estimate of drug-likeness (QED) is 0.410. The highest BCUT2D eigenvalue weighted by molar-refractivity contribution is 6.05. The van der Waals surface area contributed by atoms with Gasteiger partial charge in [0.05, 0.1) is 18.2 Å². The number of aldehydes is 1. The summed E-state index contributed by atoms with van der Waals surface area (Å²) in [4.78, 5) is 26.5. The highest BCUT2D eigenvalue weighted by Crippen LogP contribution is 2.52. The van der Waals surface area contributed by atoms with Gasteiger partial charge in [0.15, 0.2) is 0 Å². The second-order valence-electron chi connectivity index (χ2n) is 10.7. The minimum Gasteiger partial charge on any atom is -0.481 e. The van der Waals surface area contributed by atoms with Gasteiger partial charge in [0, 0.05) is 48.7 Å². The molecular formula is C28H34N6O2. The monoisotopic (exact) mass is 486 g/mol. The molecule has 1 aliphatic heterocycles. The molecule has 1 fully saturated rings. The molecule has 3 aromatic rings. The molecule has 2 N–H and O–H groups in total. The van der Waals surface area contributed by atoms with Gasteiger partial charge in [-0.1, -0.05) is 6.08 Å². The van der Waals surface area contributed by atoms with Crippen molar-refractivity contribution < 1.29 is 9.53 Å². The lowest BCUT2D eigenvalue weighted by atomic mass is 9.63. The Balaban J connectivity index is 1.54. The van der Waals surface area contributed by atoms with Crippen molar-refractivity contribution in [2.75, 3.05) is 19.4 Å². The van der Waals surface area contributed by atoms with Crippen molar-refractivity contribution >= 4 is 28.7 Å². The number of hydrogen-bond donors (Lipinski definition) is 1. The lowest BCUT2D eigenvalue weighted by Crippen LogP contribution is -2.51. The number of hydrogen-bond acceptors (Lipinski definition) is 7. The maximum atomic E-state index is 10.9. The van der Waals surface area contributed by atoms with Gasteiger partial charge < -0.3 is 19.9 Å². The number of nitrogen functional groups attached to an aromatic ring is 1. The van der Waals surface area contributed by atoms with E-state index in [1.165, 1.54) is 11.9 Å². The van der Waals surface area contributed by atoms with Gasteiger partial charge in [-0.2, -0.15) is 0 Å². The Morgan fingerprint density at radius 2 is 2.00 bits per heavy atom. The lowest BCUT2D eigenvalue weighted by molar-refractivity contribution is -0.104. The predicted molar refractivity (Wildman–Crippen MR) is 142 cm³/mol. The number of nitrogens with zero attached hydrogens (tertiary/aromatic N) is 5. The highest BCUT2D eigenvalue weighted by Gasteiger charge is 2.43. The number of fused-ring (bicyclic) bond motifs is 1. The van der Waals surface area contributed by atoms with E-state index < -0.39 is 0 Å².